The first-order valence-corrected chi connectivity index (χ1v) is 7.71. The third-order valence-electron chi connectivity index (χ3n) is 2.38. The monoisotopic (exact) mass is 320 g/mol. The lowest BCUT2D eigenvalue weighted by Gasteiger charge is -2.07. The Balaban J connectivity index is 2.72. The predicted octanol–water partition coefficient (Wildman–Crippen LogP) is 1.77. The summed E-state index contributed by atoms with van der Waals surface area (Å²) in [7, 11) is -3.40. The van der Waals surface area contributed by atoms with E-state index in [2.05, 4.69) is 20.7 Å². The van der Waals surface area contributed by atoms with Gasteiger partial charge in [-0.1, -0.05) is 22.0 Å². The Bertz CT molecular complexity index is 474. The smallest absolute Gasteiger partial charge is 0.240 e. The summed E-state index contributed by atoms with van der Waals surface area (Å²) >= 11 is 3.32. The van der Waals surface area contributed by atoms with Crippen LogP contribution in [-0.2, 0) is 10.0 Å². The van der Waals surface area contributed by atoms with Crippen molar-refractivity contribution in [3.8, 4) is 0 Å². The van der Waals surface area contributed by atoms with Gasteiger partial charge in [0.25, 0.3) is 0 Å². The van der Waals surface area contributed by atoms with Crippen molar-refractivity contribution < 1.29 is 8.42 Å². The summed E-state index contributed by atoms with van der Waals surface area (Å²) < 4.78 is 27.1. The van der Waals surface area contributed by atoms with Crippen molar-refractivity contribution in [1.29, 1.82) is 0 Å². The molecule has 0 spiro atoms. The Morgan fingerprint density at radius 2 is 2.06 bits per heavy atom. The molecule has 0 bridgehead atoms. The average Bonchev–Trinajstić information content (AvgIpc) is 2.28. The number of halogens is 1. The van der Waals surface area contributed by atoms with Crippen LogP contribution in [0.4, 0.5) is 0 Å². The van der Waals surface area contributed by atoms with Crippen LogP contribution in [0.2, 0.25) is 0 Å². The summed E-state index contributed by atoms with van der Waals surface area (Å²) in [4.78, 5) is 0.280. The van der Waals surface area contributed by atoms with E-state index in [-0.39, 0.29) is 4.90 Å². The largest absolute Gasteiger partial charge is 0.330 e. The molecule has 6 heteroatoms. The first kappa shape index (κ1) is 14.6. The molecule has 0 heterocycles. The molecule has 0 amide bonds. The third kappa shape index (κ3) is 4.39. The molecular formula is C11H17BrN2O2S. The SMILES string of the molecule is Cc1ccc(S(=O)(=O)NCCCCN)cc1Br. The molecule has 1 rings (SSSR count). The Kier molecular flexibility index (Phi) is 5.58. The Morgan fingerprint density at radius 1 is 1.35 bits per heavy atom. The summed E-state index contributed by atoms with van der Waals surface area (Å²) in [5, 5.41) is 0. The fourth-order valence-corrected chi connectivity index (χ4v) is 2.93. The average molecular weight is 321 g/mol. The highest BCUT2D eigenvalue weighted by Crippen LogP contribution is 2.20. The molecule has 0 saturated carbocycles. The van der Waals surface area contributed by atoms with Crippen LogP contribution in [0.15, 0.2) is 27.6 Å². The molecule has 0 aliphatic heterocycles. The van der Waals surface area contributed by atoms with Gasteiger partial charge >= 0.3 is 0 Å². The van der Waals surface area contributed by atoms with Gasteiger partial charge in [-0.15, -0.1) is 0 Å². The van der Waals surface area contributed by atoms with E-state index in [9.17, 15) is 8.42 Å². The van der Waals surface area contributed by atoms with Gasteiger partial charge in [-0.3, -0.25) is 0 Å². The van der Waals surface area contributed by atoms with Crippen LogP contribution in [0.1, 0.15) is 18.4 Å². The number of hydrogen-bond donors (Lipinski definition) is 2. The molecule has 1 aromatic carbocycles. The molecule has 0 aliphatic rings. The van der Waals surface area contributed by atoms with Crippen LogP contribution in [-0.4, -0.2) is 21.5 Å². The van der Waals surface area contributed by atoms with Crippen LogP contribution in [0.3, 0.4) is 0 Å². The molecule has 0 fully saturated rings. The number of hydrogen-bond acceptors (Lipinski definition) is 3. The van der Waals surface area contributed by atoms with E-state index >= 15 is 0 Å². The van der Waals surface area contributed by atoms with Crippen molar-refractivity contribution in [2.45, 2.75) is 24.7 Å². The van der Waals surface area contributed by atoms with Gasteiger partial charge in [0.05, 0.1) is 4.90 Å². The molecule has 1 aromatic rings. The molecule has 0 aliphatic carbocycles. The highest BCUT2D eigenvalue weighted by Gasteiger charge is 2.13. The number of sulfonamides is 1. The van der Waals surface area contributed by atoms with Gasteiger partial charge in [-0.25, -0.2) is 13.1 Å². The molecule has 0 unspecified atom stereocenters. The maximum absolute atomic E-state index is 11.9. The van der Waals surface area contributed by atoms with Crippen LogP contribution in [0, 0.1) is 6.92 Å². The number of rotatable bonds is 6. The van der Waals surface area contributed by atoms with Crippen molar-refractivity contribution in [3.63, 3.8) is 0 Å². The van der Waals surface area contributed by atoms with Gasteiger partial charge in [0.15, 0.2) is 0 Å². The Morgan fingerprint density at radius 3 is 2.65 bits per heavy atom. The summed E-state index contributed by atoms with van der Waals surface area (Å²) in [6, 6.07) is 4.99. The molecule has 17 heavy (non-hydrogen) atoms. The zero-order valence-electron chi connectivity index (χ0n) is 9.74. The van der Waals surface area contributed by atoms with Crippen molar-refractivity contribution in [2.75, 3.05) is 13.1 Å². The van der Waals surface area contributed by atoms with Crippen molar-refractivity contribution in [2.24, 2.45) is 5.73 Å². The summed E-state index contributed by atoms with van der Waals surface area (Å²) in [6.07, 6.45) is 1.57. The molecule has 0 atom stereocenters. The Labute approximate surface area is 111 Å². The predicted molar refractivity (Wildman–Crippen MR) is 72.4 cm³/mol. The Hall–Kier alpha value is -0.430. The highest BCUT2D eigenvalue weighted by molar-refractivity contribution is 9.10. The van der Waals surface area contributed by atoms with Crippen LogP contribution >= 0.6 is 15.9 Å². The lowest BCUT2D eigenvalue weighted by Crippen LogP contribution is -2.25. The first-order valence-electron chi connectivity index (χ1n) is 5.43. The van der Waals surface area contributed by atoms with E-state index in [0.29, 0.717) is 13.1 Å². The quantitative estimate of drug-likeness (QED) is 0.785. The zero-order chi connectivity index (χ0) is 12.9. The van der Waals surface area contributed by atoms with Gasteiger partial charge in [-0.05, 0) is 44.0 Å². The number of benzene rings is 1. The molecule has 0 radical (unpaired) electrons. The summed E-state index contributed by atoms with van der Waals surface area (Å²) in [6.45, 7) is 2.91. The minimum Gasteiger partial charge on any atom is -0.330 e. The summed E-state index contributed by atoms with van der Waals surface area (Å²) in [5.74, 6) is 0. The molecule has 96 valence electrons. The van der Waals surface area contributed by atoms with Gasteiger partial charge in [0, 0.05) is 11.0 Å². The maximum Gasteiger partial charge on any atom is 0.240 e. The fraction of sp³-hybridized carbons (Fsp3) is 0.455. The van der Waals surface area contributed by atoms with Crippen molar-refractivity contribution >= 4 is 26.0 Å². The minimum atomic E-state index is -3.40. The number of aryl methyl sites for hydroxylation is 1. The van der Waals surface area contributed by atoms with Crippen LogP contribution < -0.4 is 10.5 Å². The topological polar surface area (TPSA) is 72.2 Å². The molecule has 0 saturated heterocycles. The maximum atomic E-state index is 11.9. The molecule has 3 N–H and O–H groups in total. The van der Waals surface area contributed by atoms with Crippen molar-refractivity contribution in [1.82, 2.24) is 4.72 Å². The zero-order valence-corrected chi connectivity index (χ0v) is 12.1. The van der Waals surface area contributed by atoms with Gasteiger partial charge < -0.3 is 5.73 Å². The minimum absolute atomic E-state index is 0.280. The number of nitrogens with two attached hydrogens (primary N) is 1. The van der Waals surface area contributed by atoms with Gasteiger partial charge in [-0.2, -0.15) is 0 Å². The third-order valence-corrected chi connectivity index (χ3v) is 4.69. The first-order chi connectivity index (χ1) is 7.97. The number of nitrogens with one attached hydrogen (secondary N) is 1. The van der Waals surface area contributed by atoms with Crippen LogP contribution in [0.5, 0.6) is 0 Å². The molecular weight excluding hydrogens is 304 g/mol. The lowest BCUT2D eigenvalue weighted by molar-refractivity contribution is 0.577. The van der Waals surface area contributed by atoms with Gasteiger partial charge in [0.2, 0.25) is 10.0 Å². The fourth-order valence-electron chi connectivity index (χ4n) is 1.30. The van der Waals surface area contributed by atoms with Gasteiger partial charge in [0.1, 0.15) is 0 Å². The van der Waals surface area contributed by atoms with E-state index < -0.39 is 10.0 Å². The lowest BCUT2D eigenvalue weighted by atomic mass is 10.2. The second kappa shape index (κ2) is 6.49. The number of unbranched alkanes of at least 4 members (excludes halogenated alkanes) is 1. The van der Waals surface area contributed by atoms with E-state index in [4.69, 9.17) is 5.73 Å². The van der Waals surface area contributed by atoms with Crippen molar-refractivity contribution in [3.05, 3.63) is 28.2 Å². The second-order valence-corrected chi connectivity index (χ2v) is 6.43. The molecule has 4 nitrogen and oxygen atoms in total. The second-order valence-electron chi connectivity index (χ2n) is 3.80. The van der Waals surface area contributed by atoms with E-state index in [0.717, 1.165) is 22.9 Å². The normalized spacial score (nSPS) is 11.7. The van der Waals surface area contributed by atoms with E-state index in [1.165, 1.54) is 0 Å². The van der Waals surface area contributed by atoms with E-state index in [1.54, 1.807) is 18.2 Å². The van der Waals surface area contributed by atoms with E-state index in [1.807, 2.05) is 6.92 Å². The van der Waals surface area contributed by atoms with Crippen LogP contribution in [0.25, 0.3) is 0 Å². The standard InChI is InChI=1S/C11H17BrN2O2S/c1-9-4-5-10(8-11(9)12)17(15,16)14-7-3-2-6-13/h4-5,8,14H,2-3,6-7,13H2,1H3. The highest BCUT2D eigenvalue weighted by atomic mass is 79.9. The molecule has 0 aromatic heterocycles. The summed E-state index contributed by atoms with van der Waals surface area (Å²) in [5.41, 5.74) is 6.35.